The van der Waals surface area contributed by atoms with Crippen molar-refractivity contribution in [3.05, 3.63) is 45.7 Å². The summed E-state index contributed by atoms with van der Waals surface area (Å²) in [5.41, 5.74) is 1.35. The second-order valence-electron chi connectivity index (χ2n) is 4.51. The van der Waals surface area contributed by atoms with Crippen LogP contribution >= 0.6 is 0 Å². The molecule has 120 valence electrons. The van der Waals surface area contributed by atoms with Gasteiger partial charge in [-0.05, 0) is 17.7 Å². The molecule has 3 N–H and O–H groups in total. The molecule has 0 aliphatic rings. The Morgan fingerprint density at radius 1 is 1.32 bits per heavy atom. The number of fused-ring (bicyclic) bond motifs is 1. The Labute approximate surface area is 125 Å². The summed E-state index contributed by atoms with van der Waals surface area (Å²) in [5, 5.41) is 0.165. The van der Waals surface area contributed by atoms with Crippen molar-refractivity contribution < 1.29 is 21.9 Å². The molecule has 0 aliphatic heterocycles. The van der Waals surface area contributed by atoms with Crippen LogP contribution in [-0.2, 0) is 31.0 Å². The number of hydrogen-bond acceptors (Lipinski definition) is 3. The molecular formula is C12H12F3N3O3S. The van der Waals surface area contributed by atoms with Crippen LogP contribution in [0.5, 0.6) is 0 Å². The van der Waals surface area contributed by atoms with Gasteiger partial charge in [0.15, 0.2) is 5.43 Å². The molecule has 1 aromatic carbocycles. The predicted octanol–water partition coefficient (Wildman–Crippen LogP) is 1.29. The Bertz CT molecular complexity index is 789. The predicted molar refractivity (Wildman–Crippen MR) is 74.9 cm³/mol. The zero-order chi connectivity index (χ0) is 16.5. The fraction of sp³-hybridized carbons (Fsp3) is 0.250. The van der Waals surface area contributed by atoms with Crippen LogP contribution in [0.1, 0.15) is 11.3 Å². The Morgan fingerprint density at radius 3 is 2.59 bits per heavy atom. The zero-order valence-electron chi connectivity index (χ0n) is 11.3. The summed E-state index contributed by atoms with van der Waals surface area (Å²) < 4.78 is 58.6. The number of aromatic nitrogens is 1. The number of pyridine rings is 1. The maximum Gasteiger partial charge on any atom is 0.431 e. The minimum Gasteiger partial charge on any atom is -0.340 e. The Balaban J connectivity index is 2.48. The lowest BCUT2D eigenvalue weighted by Crippen LogP contribution is -2.32. The van der Waals surface area contributed by atoms with E-state index in [4.69, 9.17) is 4.55 Å². The molecule has 1 atom stereocenters. The van der Waals surface area contributed by atoms with Gasteiger partial charge < -0.3 is 4.57 Å². The lowest BCUT2D eigenvalue weighted by molar-refractivity contribution is -0.143. The van der Waals surface area contributed by atoms with Crippen LogP contribution < -0.4 is 15.7 Å². The number of hydrogen-bond donors (Lipinski definition) is 3. The smallest absolute Gasteiger partial charge is 0.340 e. The van der Waals surface area contributed by atoms with Gasteiger partial charge in [-0.25, -0.2) is 9.63 Å². The van der Waals surface area contributed by atoms with Gasteiger partial charge in [-0.1, -0.05) is 6.07 Å². The monoisotopic (exact) mass is 335 g/mol. The van der Waals surface area contributed by atoms with E-state index in [1.54, 1.807) is 6.07 Å². The minimum atomic E-state index is -4.63. The maximum atomic E-state index is 12.9. The standard InChI is InChI=1S/C12H12F3N3O3S/c1-18-9-4-7(6-16-17-22(20)21)2-3-8(9)10(19)5-11(18)12(13,14)15/h2-5,16-17H,6H2,1H3,(H,20,21). The molecule has 0 spiro atoms. The summed E-state index contributed by atoms with van der Waals surface area (Å²) >= 11 is -2.25. The lowest BCUT2D eigenvalue weighted by atomic mass is 10.1. The molecular weight excluding hydrogens is 323 g/mol. The largest absolute Gasteiger partial charge is 0.431 e. The zero-order valence-corrected chi connectivity index (χ0v) is 12.1. The van der Waals surface area contributed by atoms with Gasteiger partial charge in [0.05, 0.1) is 5.52 Å². The van der Waals surface area contributed by atoms with E-state index in [9.17, 15) is 22.2 Å². The summed E-state index contributed by atoms with van der Waals surface area (Å²) in [6.07, 6.45) is -4.63. The van der Waals surface area contributed by atoms with E-state index in [-0.39, 0.29) is 17.4 Å². The molecule has 0 aliphatic carbocycles. The first-order chi connectivity index (χ1) is 10.2. The van der Waals surface area contributed by atoms with E-state index in [0.29, 0.717) is 11.6 Å². The van der Waals surface area contributed by atoms with Crippen molar-refractivity contribution in [3.8, 4) is 0 Å². The summed E-state index contributed by atoms with van der Waals surface area (Å²) in [7, 11) is 1.23. The van der Waals surface area contributed by atoms with Crippen molar-refractivity contribution in [3.63, 3.8) is 0 Å². The van der Waals surface area contributed by atoms with Crippen molar-refractivity contribution in [2.45, 2.75) is 12.7 Å². The number of alkyl halides is 3. The topological polar surface area (TPSA) is 83.4 Å². The van der Waals surface area contributed by atoms with Crippen molar-refractivity contribution in [1.29, 1.82) is 0 Å². The van der Waals surface area contributed by atoms with E-state index in [1.807, 2.05) is 4.83 Å². The number of rotatable bonds is 4. The van der Waals surface area contributed by atoms with Crippen molar-refractivity contribution in [2.24, 2.45) is 7.05 Å². The number of nitrogens with zero attached hydrogens (tertiary/aromatic N) is 1. The third-order valence-electron chi connectivity index (χ3n) is 3.06. The fourth-order valence-electron chi connectivity index (χ4n) is 2.07. The van der Waals surface area contributed by atoms with Crippen LogP contribution in [-0.4, -0.2) is 13.3 Å². The number of halogens is 3. The summed E-state index contributed by atoms with van der Waals surface area (Å²) in [6, 6.07) is 4.95. The van der Waals surface area contributed by atoms with Gasteiger partial charge in [-0.2, -0.15) is 18.0 Å². The van der Waals surface area contributed by atoms with Gasteiger partial charge in [0.1, 0.15) is 5.69 Å². The van der Waals surface area contributed by atoms with Crippen LogP contribution in [0.2, 0.25) is 0 Å². The van der Waals surface area contributed by atoms with Gasteiger partial charge in [0.2, 0.25) is 11.3 Å². The Morgan fingerprint density at radius 2 is 2.00 bits per heavy atom. The van der Waals surface area contributed by atoms with Gasteiger partial charge in [0, 0.05) is 25.0 Å². The first-order valence-electron chi connectivity index (χ1n) is 5.99. The van der Waals surface area contributed by atoms with Gasteiger partial charge >= 0.3 is 6.18 Å². The molecule has 0 radical (unpaired) electrons. The molecule has 1 unspecified atom stereocenters. The van der Waals surface area contributed by atoms with Crippen molar-refractivity contribution in [2.75, 3.05) is 0 Å². The second kappa shape index (κ2) is 6.16. The first kappa shape index (κ1) is 16.6. The third-order valence-corrected chi connectivity index (χ3v) is 3.38. The summed E-state index contributed by atoms with van der Waals surface area (Å²) in [4.78, 5) is 13.8. The highest BCUT2D eigenvalue weighted by atomic mass is 32.2. The SMILES string of the molecule is Cn1c(C(F)(F)F)cc(=O)c2ccc(CNNS(=O)O)cc21. The summed E-state index contributed by atoms with van der Waals surface area (Å²) in [5.74, 6) is 0. The normalized spacial score (nSPS) is 13.5. The highest BCUT2D eigenvalue weighted by Crippen LogP contribution is 2.29. The van der Waals surface area contributed by atoms with E-state index >= 15 is 0 Å². The van der Waals surface area contributed by atoms with Gasteiger partial charge in [0.25, 0.3) is 0 Å². The molecule has 0 saturated carbocycles. The molecule has 10 heteroatoms. The summed E-state index contributed by atoms with van der Waals surface area (Å²) in [6.45, 7) is 0.0900. The van der Waals surface area contributed by atoms with Crippen molar-refractivity contribution >= 4 is 22.2 Å². The quantitative estimate of drug-likeness (QED) is 0.581. The van der Waals surface area contributed by atoms with Crippen LogP contribution in [0, 0.1) is 0 Å². The Kier molecular flexibility index (Phi) is 4.66. The number of hydrazine groups is 1. The molecule has 0 bridgehead atoms. The number of aryl methyl sites for hydroxylation is 1. The van der Waals surface area contributed by atoms with Crippen LogP contribution in [0.15, 0.2) is 29.1 Å². The van der Waals surface area contributed by atoms with E-state index in [0.717, 1.165) is 4.57 Å². The molecule has 0 saturated heterocycles. The van der Waals surface area contributed by atoms with E-state index in [2.05, 4.69) is 5.43 Å². The number of nitrogens with one attached hydrogen (secondary N) is 2. The minimum absolute atomic E-state index is 0.0900. The highest BCUT2D eigenvalue weighted by Gasteiger charge is 2.34. The lowest BCUT2D eigenvalue weighted by Gasteiger charge is -2.15. The molecule has 0 amide bonds. The molecule has 0 fully saturated rings. The van der Waals surface area contributed by atoms with Crippen LogP contribution in [0.3, 0.4) is 0 Å². The fourth-order valence-corrected chi connectivity index (χ4v) is 2.27. The van der Waals surface area contributed by atoms with Crippen molar-refractivity contribution in [1.82, 2.24) is 14.8 Å². The number of benzene rings is 1. The average Bonchev–Trinajstić information content (AvgIpc) is 2.41. The van der Waals surface area contributed by atoms with Gasteiger partial charge in [-0.3, -0.25) is 9.35 Å². The molecule has 2 rings (SSSR count). The highest BCUT2D eigenvalue weighted by molar-refractivity contribution is 7.77. The van der Waals surface area contributed by atoms with E-state index in [1.165, 1.54) is 19.2 Å². The Hall–Kier alpha value is -1.75. The second-order valence-corrected chi connectivity index (χ2v) is 5.21. The third kappa shape index (κ3) is 3.53. The molecule has 1 heterocycles. The molecule has 6 nitrogen and oxygen atoms in total. The molecule has 22 heavy (non-hydrogen) atoms. The van der Waals surface area contributed by atoms with Crippen LogP contribution in [0.25, 0.3) is 10.9 Å². The van der Waals surface area contributed by atoms with E-state index < -0.39 is 28.6 Å². The molecule has 1 aromatic heterocycles. The maximum absolute atomic E-state index is 12.9. The van der Waals surface area contributed by atoms with Crippen LogP contribution in [0.4, 0.5) is 13.2 Å². The average molecular weight is 335 g/mol. The molecule has 2 aromatic rings. The first-order valence-corrected chi connectivity index (χ1v) is 7.10. The van der Waals surface area contributed by atoms with Gasteiger partial charge in [-0.15, -0.1) is 0 Å².